The average molecular weight is 284 g/mol. The zero-order chi connectivity index (χ0) is 15.1. The normalized spacial score (nSPS) is 10.7. The minimum Gasteiger partial charge on any atom is -0.508 e. The molecule has 0 bridgehead atoms. The van der Waals surface area contributed by atoms with E-state index in [0.29, 0.717) is 6.42 Å². The Hall–Kier alpha value is -2.75. The summed E-state index contributed by atoms with van der Waals surface area (Å²) in [6, 6.07) is 13.4. The van der Waals surface area contributed by atoms with Crippen molar-refractivity contribution < 1.29 is 19.7 Å². The van der Waals surface area contributed by atoms with Crippen LogP contribution in [0.3, 0.4) is 0 Å². The van der Waals surface area contributed by atoms with Gasteiger partial charge in [-0.3, -0.25) is 0 Å². The molecule has 0 aliphatic heterocycles. The van der Waals surface area contributed by atoms with Crippen LogP contribution in [0.5, 0.6) is 11.5 Å². The van der Waals surface area contributed by atoms with E-state index in [2.05, 4.69) is 0 Å². The molecule has 2 rings (SSSR count). The first-order chi connectivity index (χ1) is 10.1. The summed E-state index contributed by atoms with van der Waals surface area (Å²) in [7, 11) is 0. The molecule has 4 nitrogen and oxygen atoms in total. The third-order valence-corrected chi connectivity index (χ3v) is 2.91. The molecule has 0 atom stereocenters. The first-order valence-electron chi connectivity index (χ1n) is 6.56. The van der Waals surface area contributed by atoms with Crippen molar-refractivity contribution in [3.05, 3.63) is 65.7 Å². The third kappa shape index (κ3) is 4.69. The second-order valence-electron chi connectivity index (χ2n) is 4.47. The van der Waals surface area contributed by atoms with Crippen LogP contribution in [0.15, 0.2) is 54.6 Å². The lowest BCUT2D eigenvalue weighted by molar-refractivity contribution is -0.137. The highest BCUT2D eigenvalue weighted by Gasteiger charge is 2.02. The predicted molar refractivity (Wildman–Crippen MR) is 79.9 cm³/mol. The minimum atomic E-state index is -0.446. The first kappa shape index (κ1) is 14.7. The number of ether oxygens (including phenoxy) is 1. The number of carbonyl (C=O) groups is 1. The number of aromatic hydroxyl groups is 2. The van der Waals surface area contributed by atoms with E-state index in [0.717, 1.165) is 11.1 Å². The zero-order valence-corrected chi connectivity index (χ0v) is 11.4. The van der Waals surface area contributed by atoms with Gasteiger partial charge in [-0.15, -0.1) is 0 Å². The quantitative estimate of drug-likeness (QED) is 0.654. The largest absolute Gasteiger partial charge is 0.508 e. The van der Waals surface area contributed by atoms with Crippen LogP contribution in [-0.2, 0) is 16.0 Å². The summed E-state index contributed by atoms with van der Waals surface area (Å²) in [5.74, 6) is -0.0657. The van der Waals surface area contributed by atoms with Crippen LogP contribution in [0.25, 0.3) is 6.08 Å². The molecule has 2 N–H and O–H groups in total. The van der Waals surface area contributed by atoms with Gasteiger partial charge in [-0.25, -0.2) is 4.79 Å². The van der Waals surface area contributed by atoms with Crippen molar-refractivity contribution in [2.75, 3.05) is 6.61 Å². The number of phenols is 2. The Kier molecular flexibility index (Phi) is 4.99. The Morgan fingerprint density at radius 1 is 1.05 bits per heavy atom. The maximum atomic E-state index is 11.5. The molecule has 2 aromatic rings. The summed E-state index contributed by atoms with van der Waals surface area (Å²) in [5, 5.41) is 18.7. The van der Waals surface area contributed by atoms with Crippen LogP contribution in [0, 0.1) is 0 Å². The van der Waals surface area contributed by atoms with Gasteiger partial charge < -0.3 is 14.9 Å². The first-order valence-corrected chi connectivity index (χ1v) is 6.56. The van der Waals surface area contributed by atoms with Crippen molar-refractivity contribution in [3.63, 3.8) is 0 Å². The van der Waals surface area contributed by atoms with Gasteiger partial charge in [0.25, 0.3) is 0 Å². The topological polar surface area (TPSA) is 66.8 Å². The van der Waals surface area contributed by atoms with Crippen LogP contribution in [0.2, 0.25) is 0 Å². The van der Waals surface area contributed by atoms with Crippen LogP contribution < -0.4 is 0 Å². The number of esters is 1. The van der Waals surface area contributed by atoms with E-state index < -0.39 is 5.97 Å². The fourth-order valence-electron chi connectivity index (χ4n) is 1.78. The number of phenolic OH excluding ortho intramolecular Hbond substituents is 2. The summed E-state index contributed by atoms with van der Waals surface area (Å²) in [6.45, 7) is 0.205. The molecule has 21 heavy (non-hydrogen) atoms. The fraction of sp³-hybridized carbons (Fsp3) is 0.118. The fourth-order valence-corrected chi connectivity index (χ4v) is 1.78. The summed E-state index contributed by atoms with van der Waals surface area (Å²) < 4.78 is 5.06. The molecule has 0 fully saturated rings. The van der Waals surface area contributed by atoms with Crippen molar-refractivity contribution >= 4 is 12.0 Å². The van der Waals surface area contributed by atoms with Gasteiger partial charge in [-0.05, 0) is 35.4 Å². The van der Waals surface area contributed by atoms with E-state index in [4.69, 9.17) is 9.84 Å². The smallest absolute Gasteiger partial charge is 0.330 e. The van der Waals surface area contributed by atoms with Crippen LogP contribution in [0.4, 0.5) is 0 Å². The molecular weight excluding hydrogens is 268 g/mol. The van der Waals surface area contributed by atoms with Gasteiger partial charge in [0.15, 0.2) is 0 Å². The Morgan fingerprint density at radius 3 is 2.48 bits per heavy atom. The van der Waals surface area contributed by atoms with Gasteiger partial charge in [0.1, 0.15) is 11.5 Å². The molecule has 108 valence electrons. The molecule has 0 unspecified atom stereocenters. The number of carbonyl (C=O) groups excluding carboxylic acids is 1. The van der Waals surface area contributed by atoms with Gasteiger partial charge in [0.2, 0.25) is 0 Å². The molecule has 0 heterocycles. The van der Waals surface area contributed by atoms with E-state index in [-0.39, 0.29) is 18.1 Å². The molecule has 0 spiro atoms. The molecule has 0 aromatic heterocycles. The molecule has 0 aliphatic rings. The lowest BCUT2D eigenvalue weighted by atomic mass is 10.1. The minimum absolute atomic E-state index is 0.178. The number of hydrogen-bond acceptors (Lipinski definition) is 4. The highest BCUT2D eigenvalue weighted by Crippen LogP contribution is 2.16. The number of para-hydroxylation sites is 1. The van der Waals surface area contributed by atoms with Crippen molar-refractivity contribution in [2.24, 2.45) is 0 Å². The third-order valence-electron chi connectivity index (χ3n) is 2.91. The molecule has 4 heteroatoms. The zero-order valence-electron chi connectivity index (χ0n) is 11.4. The van der Waals surface area contributed by atoms with E-state index >= 15 is 0 Å². The molecular formula is C17H16O4. The second kappa shape index (κ2) is 7.14. The van der Waals surface area contributed by atoms with Crippen LogP contribution in [0.1, 0.15) is 11.1 Å². The Balaban J connectivity index is 1.80. The molecule has 2 aromatic carbocycles. The number of benzene rings is 2. The summed E-state index contributed by atoms with van der Waals surface area (Å²) in [4.78, 5) is 11.5. The highest BCUT2D eigenvalue weighted by atomic mass is 16.5. The van der Waals surface area contributed by atoms with Crippen molar-refractivity contribution in [2.45, 2.75) is 6.42 Å². The summed E-state index contributed by atoms with van der Waals surface area (Å²) in [6.07, 6.45) is 3.41. The highest BCUT2D eigenvalue weighted by molar-refractivity contribution is 5.87. The summed E-state index contributed by atoms with van der Waals surface area (Å²) in [5.41, 5.74) is 1.54. The van der Waals surface area contributed by atoms with Gasteiger partial charge >= 0.3 is 5.97 Å². The van der Waals surface area contributed by atoms with E-state index in [1.807, 2.05) is 6.07 Å². The standard InChI is InChI=1S/C17H16O4/c18-15-8-5-13(6-9-15)7-10-17(20)21-12-11-14-3-1-2-4-16(14)19/h1-10,18-19H,11-12H2/b10-7+. The van der Waals surface area contributed by atoms with Crippen molar-refractivity contribution in [1.82, 2.24) is 0 Å². The second-order valence-corrected chi connectivity index (χ2v) is 4.47. The monoisotopic (exact) mass is 284 g/mol. The number of hydrogen-bond donors (Lipinski definition) is 2. The van der Waals surface area contributed by atoms with Crippen LogP contribution in [-0.4, -0.2) is 22.8 Å². The Morgan fingerprint density at radius 2 is 1.76 bits per heavy atom. The SMILES string of the molecule is O=C(/C=C/c1ccc(O)cc1)OCCc1ccccc1O. The van der Waals surface area contributed by atoms with Gasteiger partial charge in [-0.1, -0.05) is 30.3 Å². The van der Waals surface area contributed by atoms with E-state index in [9.17, 15) is 9.90 Å². The van der Waals surface area contributed by atoms with Crippen LogP contribution >= 0.6 is 0 Å². The predicted octanol–water partition coefficient (Wildman–Crippen LogP) is 2.90. The lowest BCUT2D eigenvalue weighted by Gasteiger charge is -2.04. The Bertz CT molecular complexity index is 629. The molecule has 0 amide bonds. The molecule has 0 saturated heterocycles. The van der Waals surface area contributed by atoms with E-state index in [1.54, 1.807) is 48.5 Å². The molecule has 0 aliphatic carbocycles. The van der Waals surface area contributed by atoms with E-state index in [1.165, 1.54) is 6.08 Å². The molecule has 0 radical (unpaired) electrons. The number of rotatable bonds is 5. The molecule has 0 saturated carbocycles. The van der Waals surface area contributed by atoms with Crippen molar-refractivity contribution in [1.29, 1.82) is 0 Å². The van der Waals surface area contributed by atoms with Gasteiger partial charge in [0, 0.05) is 12.5 Å². The van der Waals surface area contributed by atoms with Gasteiger partial charge in [0.05, 0.1) is 6.61 Å². The lowest BCUT2D eigenvalue weighted by Crippen LogP contribution is -2.04. The maximum absolute atomic E-state index is 11.5. The average Bonchev–Trinajstić information content (AvgIpc) is 2.49. The van der Waals surface area contributed by atoms with Crippen molar-refractivity contribution in [3.8, 4) is 11.5 Å². The summed E-state index contributed by atoms with van der Waals surface area (Å²) >= 11 is 0. The maximum Gasteiger partial charge on any atom is 0.330 e. The Labute approximate surface area is 122 Å². The van der Waals surface area contributed by atoms with Gasteiger partial charge in [-0.2, -0.15) is 0 Å².